The molecule has 1 heterocycles. The molecule has 15 heavy (non-hydrogen) atoms. The van der Waals surface area contributed by atoms with Crippen LogP contribution in [0.1, 0.15) is 10.4 Å². The fourth-order valence-corrected chi connectivity index (χ4v) is 1.71. The van der Waals surface area contributed by atoms with Crippen LogP contribution in [0.15, 0.2) is 30.6 Å². The Morgan fingerprint density at radius 3 is 2.93 bits per heavy atom. The smallest absolute Gasteiger partial charge is 0.339 e. The summed E-state index contributed by atoms with van der Waals surface area (Å²) in [7, 11) is 1.33. The summed E-state index contributed by atoms with van der Waals surface area (Å²) >= 11 is 6.09. The van der Waals surface area contributed by atoms with Crippen LogP contribution in [-0.2, 0) is 4.74 Å². The lowest BCUT2D eigenvalue weighted by Gasteiger charge is -2.05. The van der Waals surface area contributed by atoms with Crippen LogP contribution in [-0.4, -0.2) is 18.1 Å². The van der Waals surface area contributed by atoms with Crippen LogP contribution in [0.4, 0.5) is 0 Å². The molecule has 0 atom stereocenters. The normalized spacial score (nSPS) is 10.3. The van der Waals surface area contributed by atoms with Crippen LogP contribution in [0.25, 0.3) is 10.8 Å². The van der Waals surface area contributed by atoms with Crippen molar-refractivity contribution < 1.29 is 9.53 Å². The number of hydrogen-bond donors (Lipinski definition) is 0. The molecule has 0 fully saturated rings. The van der Waals surface area contributed by atoms with E-state index in [9.17, 15) is 4.79 Å². The van der Waals surface area contributed by atoms with E-state index < -0.39 is 5.97 Å². The molecule has 4 heteroatoms. The number of carbonyl (C=O) groups excluding carboxylic acids is 1. The van der Waals surface area contributed by atoms with Gasteiger partial charge in [-0.15, -0.1) is 0 Å². The zero-order valence-electron chi connectivity index (χ0n) is 8.03. The molecular formula is C11H8ClNO2. The molecule has 0 spiro atoms. The maximum atomic E-state index is 11.4. The van der Waals surface area contributed by atoms with E-state index in [1.807, 2.05) is 0 Å². The molecule has 2 aromatic rings. The number of nitrogens with zero attached hydrogens (tertiary/aromatic N) is 1. The van der Waals surface area contributed by atoms with Gasteiger partial charge in [0.05, 0.1) is 17.7 Å². The number of halogens is 1. The van der Waals surface area contributed by atoms with Crippen molar-refractivity contribution in [2.75, 3.05) is 7.11 Å². The Morgan fingerprint density at radius 1 is 1.40 bits per heavy atom. The summed E-state index contributed by atoms with van der Waals surface area (Å²) in [5.41, 5.74) is 0.373. The summed E-state index contributed by atoms with van der Waals surface area (Å²) in [6.45, 7) is 0. The van der Waals surface area contributed by atoms with E-state index >= 15 is 0 Å². The van der Waals surface area contributed by atoms with E-state index in [1.165, 1.54) is 7.11 Å². The van der Waals surface area contributed by atoms with Gasteiger partial charge in [-0.1, -0.05) is 17.7 Å². The summed E-state index contributed by atoms with van der Waals surface area (Å²) in [5, 5.41) is 2.10. The average molecular weight is 222 g/mol. The third-order valence-electron chi connectivity index (χ3n) is 2.16. The first-order chi connectivity index (χ1) is 7.24. The van der Waals surface area contributed by atoms with Gasteiger partial charge in [0.1, 0.15) is 0 Å². The molecular weight excluding hydrogens is 214 g/mol. The van der Waals surface area contributed by atoms with Crippen molar-refractivity contribution in [3.05, 3.63) is 41.2 Å². The van der Waals surface area contributed by atoms with E-state index in [0.29, 0.717) is 10.6 Å². The number of ether oxygens (including phenoxy) is 1. The number of pyridine rings is 1. The Morgan fingerprint density at radius 2 is 2.20 bits per heavy atom. The first kappa shape index (κ1) is 9.93. The number of benzene rings is 1. The highest BCUT2D eigenvalue weighted by Crippen LogP contribution is 2.26. The van der Waals surface area contributed by atoms with E-state index in [4.69, 9.17) is 11.6 Å². The highest BCUT2D eigenvalue weighted by molar-refractivity contribution is 6.38. The first-order valence-corrected chi connectivity index (χ1v) is 4.72. The third kappa shape index (κ3) is 1.66. The molecule has 0 radical (unpaired) electrons. The van der Waals surface area contributed by atoms with Crippen molar-refractivity contribution in [1.29, 1.82) is 0 Å². The molecule has 76 valence electrons. The van der Waals surface area contributed by atoms with Gasteiger partial charge in [-0.2, -0.15) is 0 Å². The Bertz CT molecular complexity index is 525. The lowest BCUT2D eigenvalue weighted by Crippen LogP contribution is -2.02. The van der Waals surface area contributed by atoms with Crippen LogP contribution >= 0.6 is 11.6 Å². The van der Waals surface area contributed by atoms with Crippen LogP contribution in [0.5, 0.6) is 0 Å². The number of aromatic nitrogens is 1. The minimum Gasteiger partial charge on any atom is -0.465 e. The van der Waals surface area contributed by atoms with Gasteiger partial charge in [-0.05, 0) is 12.1 Å². The van der Waals surface area contributed by atoms with Crippen molar-refractivity contribution in [2.24, 2.45) is 0 Å². The highest BCUT2D eigenvalue weighted by atomic mass is 35.5. The second kappa shape index (κ2) is 3.87. The summed E-state index contributed by atoms with van der Waals surface area (Å²) in [4.78, 5) is 15.3. The van der Waals surface area contributed by atoms with E-state index in [1.54, 1.807) is 30.6 Å². The minimum atomic E-state index is -0.432. The molecule has 3 nitrogen and oxygen atoms in total. The van der Waals surface area contributed by atoms with E-state index in [-0.39, 0.29) is 0 Å². The number of rotatable bonds is 1. The molecule has 1 aromatic heterocycles. The van der Waals surface area contributed by atoms with Crippen molar-refractivity contribution in [3.8, 4) is 0 Å². The Kier molecular flexibility index (Phi) is 2.56. The quantitative estimate of drug-likeness (QED) is 0.695. The second-order valence-corrected chi connectivity index (χ2v) is 3.39. The Hall–Kier alpha value is -1.61. The average Bonchev–Trinajstić information content (AvgIpc) is 2.29. The van der Waals surface area contributed by atoms with Gasteiger partial charge < -0.3 is 4.74 Å². The summed E-state index contributed by atoms with van der Waals surface area (Å²) in [6.07, 6.45) is 3.33. The summed E-state index contributed by atoms with van der Waals surface area (Å²) in [5.74, 6) is -0.432. The number of methoxy groups -OCH3 is 1. The van der Waals surface area contributed by atoms with Crippen molar-refractivity contribution >= 4 is 28.3 Å². The highest BCUT2D eigenvalue weighted by Gasteiger charge is 2.12. The van der Waals surface area contributed by atoms with Crippen LogP contribution in [0.2, 0.25) is 5.02 Å². The fraction of sp³-hybridized carbons (Fsp3) is 0.0909. The Balaban J connectivity index is 2.70. The van der Waals surface area contributed by atoms with Gasteiger partial charge in [0, 0.05) is 23.2 Å². The number of hydrogen-bond acceptors (Lipinski definition) is 3. The minimum absolute atomic E-state index is 0.373. The maximum absolute atomic E-state index is 11.4. The molecule has 0 saturated heterocycles. The van der Waals surface area contributed by atoms with Gasteiger partial charge in [0.2, 0.25) is 0 Å². The summed E-state index contributed by atoms with van der Waals surface area (Å²) < 4.78 is 4.63. The molecule has 0 saturated carbocycles. The van der Waals surface area contributed by atoms with Crippen LogP contribution < -0.4 is 0 Å². The molecule has 0 amide bonds. The van der Waals surface area contributed by atoms with Gasteiger partial charge in [-0.3, -0.25) is 4.98 Å². The van der Waals surface area contributed by atoms with E-state index in [2.05, 4.69) is 9.72 Å². The Labute approximate surface area is 91.6 Å². The first-order valence-electron chi connectivity index (χ1n) is 4.34. The molecule has 0 aliphatic rings. The predicted octanol–water partition coefficient (Wildman–Crippen LogP) is 2.67. The van der Waals surface area contributed by atoms with Gasteiger partial charge in [0.25, 0.3) is 0 Å². The summed E-state index contributed by atoms with van der Waals surface area (Å²) in [6, 6.07) is 5.20. The molecule has 0 N–H and O–H groups in total. The lowest BCUT2D eigenvalue weighted by molar-refractivity contribution is 0.0601. The number of fused-ring (bicyclic) bond motifs is 1. The van der Waals surface area contributed by atoms with Crippen molar-refractivity contribution in [3.63, 3.8) is 0 Å². The maximum Gasteiger partial charge on any atom is 0.339 e. The van der Waals surface area contributed by atoms with Crippen LogP contribution in [0, 0.1) is 0 Å². The predicted molar refractivity (Wildman–Crippen MR) is 58.1 cm³/mol. The van der Waals surface area contributed by atoms with Crippen LogP contribution in [0.3, 0.4) is 0 Å². The van der Waals surface area contributed by atoms with E-state index in [0.717, 1.165) is 10.8 Å². The second-order valence-electron chi connectivity index (χ2n) is 3.02. The van der Waals surface area contributed by atoms with Gasteiger partial charge in [0.15, 0.2) is 0 Å². The number of esters is 1. The molecule has 1 aromatic carbocycles. The van der Waals surface area contributed by atoms with Crippen molar-refractivity contribution in [2.45, 2.75) is 0 Å². The zero-order chi connectivity index (χ0) is 10.8. The van der Waals surface area contributed by atoms with Crippen molar-refractivity contribution in [1.82, 2.24) is 4.98 Å². The lowest BCUT2D eigenvalue weighted by atomic mass is 10.1. The topological polar surface area (TPSA) is 39.2 Å². The fourth-order valence-electron chi connectivity index (χ4n) is 1.40. The molecule has 2 rings (SSSR count). The zero-order valence-corrected chi connectivity index (χ0v) is 8.78. The number of carbonyl (C=O) groups is 1. The largest absolute Gasteiger partial charge is 0.465 e. The molecule has 0 bridgehead atoms. The molecule has 0 aliphatic carbocycles. The molecule has 0 aliphatic heterocycles. The monoisotopic (exact) mass is 221 g/mol. The van der Waals surface area contributed by atoms with Gasteiger partial charge in [-0.25, -0.2) is 4.79 Å². The van der Waals surface area contributed by atoms with Gasteiger partial charge >= 0.3 is 5.97 Å². The molecule has 0 unspecified atom stereocenters. The standard InChI is InChI=1S/C11H8ClNO2/c1-15-11(14)9-3-2-7-6-13-5-4-8(7)10(9)12/h2-6H,1H3. The SMILES string of the molecule is COC(=O)c1ccc2cnccc2c1Cl. The third-order valence-corrected chi connectivity index (χ3v) is 2.57.